The molecule has 13 heteroatoms. The molecule has 3 fully saturated rings. The lowest BCUT2D eigenvalue weighted by Crippen LogP contribution is -2.59. The summed E-state index contributed by atoms with van der Waals surface area (Å²) in [7, 11) is 0. The number of likely N-dealkylation sites (tertiary alicyclic amines) is 1. The van der Waals surface area contributed by atoms with E-state index in [0.29, 0.717) is 35.9 Å². The third-order valence-corrected chi connectivity index (χ3v) is 11.1. The number of ketones is 1. The molecular weight excluding hydrogens is 710 g/mol. The first kappa shape index (κ1) is 39.2. The number of Topliss-reactive ketones (excluding diaryl/α,β-unsaturated/α-hetero) is 1. The Labute approximate surface area is 322 Å². The Morgan fingerprint density at radius 2 is 1.78 bits per heavy atom. The summed E-state index contributed by atoms with van der Waals surface area (Å²) in [5.74, 6) is -2.28. The third-order valence-electron chi connectivity index (χ3n) is 10.8. The van der Waals surface area contributed by atoms with Crippen LogP contribution < -0.4 is 20.7 Å². The van der Waals surface area contributed by atoms with Crippen LogP contribution in [-0.2, 0) is 28.8 Å². The number of nitrogens with zero attached hydrogens (tertiary/aromatic N) is 2. The van der Waals surface area contributed by atoms with Gasteiger partial charge in [0, 0.05) is 30.4 Å². The number of nitrogens with one attached hydrogen (secondary N) is 3. The van der Waals surface area contributed by atoms with Crippen LogP contribution in [0.5, 0.6) is 5.75 Å². The first-order valence-electron chi connectivity index (χ1n) is 19.1. The van der Waals surface area contributed by atoms with Crippen LogP contribution in [0.3, 0.4) is 0 Å². The fourth-order valence-corrected chi connectivity index (χ4v) is 7.91. The molecule has 6 atom stereocenters. The zero-order valence-electron chi connectivity index (χ0n) is 32.0. The minimum Gasteiger partial charge on any atom is -0.492 e. The number of ether oxygens (including phenoxy) is 1. The van der Waals surface area contributed by atoms with Gasteiger partial charge in [0.2, 0.25) is 23.5 Å². The average Bonchev–Trinajstić information content (AvgIpc) is 4.05. The second kappa shape index (κ2) is 15.7. The van der Waals surface area contributed by atoms with Gasteiger partial charge in [-0.1, -0.05) is 81.2 Å². The highest BCUT2D eigenvalue weighted by Crippen LogP contribution is 2.48. The quantitative estimate of drug-likeness (QED) is 0.230. The van der Waals surface area contributed by atoms with Crippen molar-refractivity contribution >= 4 is 46.7 Å². The smallest absolute Gasteiger partial charge is 0.289 e. The predicted molar refractivity (Wildman–Crippen MR) is 204 cm³/mol. The highest BCUT2D eigenvalue weighted by Gasteiger charge is 2.56. The molecule has 2 saturated carbocycles. The van der Waals surface area contributed by atoms with E-state index in [-0.39, 0.29) is 49.6 Å². The summed E-state index contributed by atoms with van der Waals surface area (Å²) in [5.41, 5.74) is 1.45. The molecular formula is C41H52ClN5O7. The largest absolute Gasteiger partial charge is 0.492 e. The van der Waals surface area contributed by atoms with Gasteiger partial charge in [-0.25, -0.2) is 0 Å². The van der Waals surface area contributed by atoms with E-state index in [2.05, 4.69) is 21.1 Å². The highest BCUT2D eigenvalue weighted by atomic mass is 35.5. The minimum atomic E-state index is -1.07. The Bertz CT molecular complexity index is 1800. The van der Waals surface area contributed by atoms with Gasteiger partial charge in [0.15, 0.2) is 5.60 Å². The summed E-state index contributed by atoms with van der Waals surface area (Å²) in [6, 6.07) is 10.4. The molecule has 290 valence electrons. The van der Waals surface area contributed by atoms with Gasteiger partial charge >= 0.3 is 0 Å². The fourth-order valence-electron chi connectivity index (χ4n) is 7.59. The SMILES string of the molecule is CCC[C@H](NC(=O)[C@@H]1C[C@]2(CC(c3cc(C)c(OCC)c(Cl)c3)=NO2)CN1C(=O)[C@@H](NC(=O)[C@@H]1C[C@H]1c1ccccc1)C(C)(C)C)C(=O)C(=O)NC1CC1. The Hall–Kier alpha value is -4.45. The highest BCUT2D eigenvalue weighted by molar-refractivity contribution is 6.38. The molecule has 2 aromatic carbocycles. The van der Waals surface area contributed by atoms with Gasteiger partial charge in [0.05, 0.1) is 29.9 Å². The maximum Gasteiger partial charge on any atom is 0.289 e. The lowest BCUT2D eigenvalue weighted by molar-refractivity contribution is -0.145. The number of rotatable bonds is 14. The molecule has 0 aromatic heterocycles. The van der Waals surface area contributed by atoms with Crippen molar-refractivity contribution in [1.82, 2.24) is 20.9 Å². The van der Waals surface area contributed by atoms with Crippen molar-refractivity contribution < 1.29 is 33.5 Å². The van der Waals surface area contributed by atoms with E-state index in [1.807, 2.05) is 77.9 Å². The van der Waals surface area contributed by atoms with Crippen molar-refractivity contribution in [2.75, 3.05) is 13.2 Å². The number of amides is 4. The van der Waals surface area contributed by atoms with Crippen LogP contribution in [0.4, 0.5) is 0 Å². The molecule has 2 aliphatic heterocycles. The van der Waals surface area contributed by atoms with Crippen LogP contribution in [0.2, 0.25) is 5.02 Å². The van der Waals surface area contributed by atoms with Crippen LogP contribution in [0.15, 0.2) is 47.6 Å². The first-order chi connectivity index (χ1) is 25.6. The molecule has 4 aliphatic rings. The van der Waals surface area contributed by atoms with Gasteiger partial charge in [-0.2, -0.15) is 0 Å². The van der Waals surface area contributed by atoms with Crippen molar-refractivity contribution in [3.8, 4) is 5.75 Å². The molecule has 0 unspecified atom stereocenters. The number of benzene rings is 2. The standard InChI is InChI=1S/C41H52ClN5O7/c1-7-12-30(33(48)38(51)43-26-15-16-26)44-37(50)32-21-41(20-31(46-54-41)25-17-23(3)34(53-8-2)29(42)18-25)22-47(32)39(52)35(40(4,5)6)45-36(49)28-19-27(28)24-13-10-9-11-14-24/h9-11,13-14,17-18,26-28,30,32,35H,7-8,12,15-16,19-22H2,1-6H3,(H,43,51)(H,44,50)(H,45,49)/t27-,28+,30-,32-,35+,41+/m0/s1. The van der Waals surface area contributed by atoms with Crippen LogP contribution >= 0.6 is 11.6 Å². The van der Waals surface area contributed by atoms with Gasteiger partial charge < -0.3 is 30.4 Å². The molecule has 2 aromatic rings. The van der Waals surface area contributed by atoms with Gasteiger partial charge in [0.1, 0.15) is 17.8 Å². The molecule has 0 bridgehead atoms. The van der Waals surface area contributed by atoms with Crippen LogP contribution in [0.1, 0.15) is 102 Å². The van der Waals surface area contributed by atoms with E-state index in [9.17, 15) is 24.0 Å². The molecule has 1 saturated heterocycles. The van der Waals surface area contributed by atoms with Crippen LogP contribution in [0, 0.1) is 18.3 Å². The van der Waals surface area contributed by atoms with E-state index >= 15 is 0 Å². The molecule has 0 radical (unpaired) electrons. The third kappa shape index (κ3) is 8.59. The molecule has 4 amide bonds. The Morgan fingerprint density at radius 3 is 2.41 bits per heavy atom. The first-order valence-corrected chi connectivity index (χ1v) is 19.5. The maximum atomic E-state index is 14.8. The zero-order valence-corrected chi connectivity index (χ0v) is 32.8. The van der Waals surface area contributed by atoms with E-state index in [1.54, 1.807) is 6.07 Å². The number of oxime groups is 1. The molecule has 12 nitrogen and oxygen atoms in total. The Morgan fingerprint density at radius 1 is 1.06 bits per heavy atom. The number of carbonyl (C=O) groups is 5. The van der Waals surface area contributed by atoms with Crippen LogP contribution in [0.25, 0.3) is 0 Å². The molecule has 2 aliphatic carbocycles. The van der Waals surface area contributed by atoms with E-state index < -0.39 is 52.6 Å². The summed E-state index contributed by atoms with van der Waals surface area (Å²) >= 11 is 6.60. The summed E-state index contributed by atoms with van der Waals surface area (Å²) in [4.78, 5) is 76.4. The number of hydrogen-bond donors (Lipinski definition) is 3. The summed E-state index contributed by atoms with van der Waals surface area (Å²) in [6.45, 7) is 11.7. The number of hydrogen-bond acceptors (Lipinski definition) is 8. The van der Waals surface area contributed by atoms with Gasteiger partial charge in [0.25, 0.3) is 5.91 Å². The topological polar surface area (TPSA) is 156 Å². The molecule has 2 heterocycles. The van der Waals surface area contributed by atoms with Crippen molar-refractivity contribution in [2.24, 2.45) is 16.5 Å². The second-order valence-electron chi connectivity index (χ2n) is 16.3. The molecule has 3 N–H and O–H groups in total. The van der Waals surface area contributed by atoms with Crippen molar-refractivity contribution in [2.45, 2.75) is 122 Å². The van der Waals surface area contributed by atoms with Gasteiger partial charge in [-0.05, 0) is 74.1 Å². The zero-order chi connectivity index (χ0) is 38.9. The average molecular weight is 762 g/mol. The monoisotopic (exact) mass is 761 g/mol. The number of halogens is 1. The van der Waals surface area contributed by atoms with E-state index in [0.717, 1.165) is 29.5 Å². The second-order valence-corrected chi connectivity index (χ2v) is 16.7. The van der Waals surface area contributed by atoms with E-state index in [1.165, 1.54) is 4.90 Å². The lowest BCUT2D eigenvalue weighted by Gasteiger charge is -2.35. The summed E-state index contributed by atoms with van der Waals surface area (Å²) < 4.78 is 5.71. The molecule has 6 rings (SSSR count). The predicted octanol–water partition coefficient (Wildman–Crippen LogP) is 4.98. The van der Waals surface area contributed by atoms with Crippen molar-refractivity contribution in [3.05, 3.63) is 64.2 Å². The summed E-state index contributed by atoms with van der Waals surface area (Å²) in [5, 5.41) is 13.5. The Kier molecular flexibility index (Phi) is 11.4. The van der Waals surface area contributed by atoms with Crippen molar-refractivity contribution in [1.29, 1.82) is 0 Å². The maximum absolute atomic E-state index is 14.8. The van der Waals surface area contributed by atoms with Gasteiger partial charge in [-0.15, -0.1) is 0 Å². The Balaban J connectivity index is 1.25. The normalized spacial score (nSPS) is 24.2. The molecule has 1 spiro atoms. The minimum absolute atomic E-state index is 0.00768. The fraction of sp³-hybridized carbons (Fsp3) is 0.561. The van der Waals surface area contributed by atoms with E-state index in [4.69, 9.17) is 21.2 Å². The summed E-state index contributed by atoms with van der Waals surface area (Å²) in [6.07, 6.45) is 3.46. The van der Waals surface area contributed by atoms with Crippen LogP contribution in [-0.4, -0.2) is 82.9 Å². The lowest BCUT2D eigenvalue weighted by atomic mass is 9.85. The van der Waals surface area contributed by atoms with Crippen molar-refractivity contribution in [3.63, 3.8) is 0 Å². The molecule has 54 heavy (non-hydrogen) atoms. The number of carbonyl (C=O) groups excluding carboxylic acids is 5. The number of aryl methyl sites for hydroxylation is 1. The van der Waals surface area contributed by atoms with Gasteiger partial charge in [-0.3, -0.25) is 24.0 Å².